The molecule has 2 rings (SSSR count). The largest absolute Gasteiger partial charge is 0.484 e. The third-order valence-electron chi connectivity index (χ3n) is 3.23. The lowest BCUT2D eigenvalue weighted by Crippen LogP contribution is -2.23. The molecule has 0 aliphatic carbocycles. The normalized spacial score (nSPS) is 10.6. The van der Waals surface area contributed by atoms with Crippen LogP contribution in [0.2, 0.25) is 0 Å². The third-order valence-corrected chi connectivity index (χ3v) is 3.23. The second-order valence-corrected chi connectivity index (χ2v) is 5.16. The molecule has 0 fully saturated rings. The molecule has 0 atom stereocenters. The van der Waals surface area contributed by atoms with Crippen molar-refractivity contribution in [1.29, 1.82) is 5.26 Å². The molecular formula is C19H17N3O3. The monoisotopic (exact) mass is 335 g/mol. The van der Waals surface area contributed by atoms with Crippen LogP contribution in [0.1, 0.15) is 11.1 Å². The van der Waals surface area contributed by atoms with Crippen molar-refractivity contribution in [3.05, 3.63) is 71.3 Å². The molecule has 6 heteroatoms. The lowest BCUT2D eigenvalue weighted by molar-refractivity contribution is -0.120. The summed E-state index contributed by atoms with van der Waals surface area (Å²) in [6.07, 6.45) is 1.48. The van der Waals surface area contributed by atoms with Crippen molar-refractivity contribution in [3.63, 3.8) is 0 Å². The zero-order chi connectivity index (χ0) is 18.1. The van der Waals surface area contributed by atoms with Gasteiger partial charge in [0.25, 0.3) is 11.8 Å². The number of amides is 2. The van der Waals surface area contributed by atoms with Crippen LogP contribution in [0, 0.1) is 11.3 Å². The minimum absolute atomic E-state index is 0.00161. The summed E-state index contributed by atoms with van der Waals surface area (Å²) in [5, 5.41) is 11.9. The Kier molecular flexibility index (Phi) is 6.32. The van der Waals surface area contributed by atoms with Gasteiger partial charge in [0.1, 0.15) is 17.4 Å². The van der Waals surface area contributed by atoms with E-state index in [1.54, 1.807) is 24.3 Å². The smallest absolute Gasteiger partial charge is 0.262 e. The Labute approximate surface area is 145 Å². The molecule has 0 aromatic heterocycles. The molecule has 2 aromatic rings. The maximum Gasteiger partial charge on any atom is 0.262 e. The van der Waals surface area contributed by atoms with Gasteiger partial charge in [-0.25, -0.2) is 0 Å². The summed E-state index contributed by atoms with van der Waals surface area (Å²) in [5.74, 6) is -0.533. The van der Waals surface area contributed by atoms with Crippen molar-refractivity contribution in [3.8, 4) is 11.8 Å². The van der Waals surface area contributed by atoms with Gasteiger partial charge in [-0.15, -0.1) is 0 Å². The van der Waals surface area contributed by atoms with Crippen LogP contribution in [0.3, 0.4) is 0 Å². The third kappa shape index (κ3) is 5.84. The Morgan fingerprint density at radius 2 is 1.80 bits per heavy atom. The topological polar surface area (TPSA) is 105 Å². The van der Waals surface area contributed by atoms with Gasteiger partial charge in [-0.05, 0) is 29.3 Å². The minimum atomic E-state index is -0.564. The lowest BCUT2D eigenvalue weighted by atomic mass is 10.1. The Bertz CT molecular complexity index is 806. The SMILES string of the molecule is N#C/C(=C\c1ccc(OCC(N)=O)cc1)C(=O)NCc1ccccc1. The molecule has 0 saturated heterocycles. The second-order valence-electron chi connectivity index (χ2n) is 5.16. The molecule has 0 unspecified atom stereocenters. The minimum Gasteiger partial charge on any atom is -0.484 e. The van der Waals surface area contributed by atoms with E-state index in [1.807, 2.05) is 36.4 Å². The van der Waals surface area contributed by atoms with Crippen LogP contribution in [0.5, 0.6) is 5.75 Å². The fourth-order valence-electron chi connectivity index (χ4n) is 2.00. The lowest BCUT2D eigenvalue weighted by Gasteiger charge is -2.05. The van der Waals surface area contributed by atoms with Crippen LogP contribution in [0.15, 0.2) is 60.2 Å². The van der Waals surface area contributed by atoms with Gasteiger partial charge in [0.05, 0.1) is 0 Å². The van der Waals surface area contributed by atoms with E-state index in [0.29, 0.717) is 17.9 Å². The van der Waals surface area contributed by atoms with E-state index in [4.69, 9.17) is 10.5 Å². The van der Waals surface area contributed by atoms with Gasteiger partial charge in [-0.1, -0.05) is 42.5 Å². The first kappa shape index (κ1) is 17.8. The molecule has 0 spiro atoms. The van der Waals surface area contributed by atoms with E-state index in [-0.39, 0.29) is 12.2 Å². The molecule has 0 radical (unpaired) electrons. The van der Waals surface area contributed by atoms with Crippen LogP contribution in [-0.4, -0.2) is 18.4 Å². The Morgan fingerprint density at radius 3 is 2.40 bits per heavy atom. The number of carbonyl (C=O) groups is 2. The van der Waals surface area contributed by atoms with Gasteiger partial charge < -0.3 is 15.8 Å². The summed E-state index contributed by atoms with van der Waals surface area (Å²) < 4.78 is 5.15. The molecule has 0 bridgehead atoms. The fraction of sp³-hybridized carbons (Fsp3) is 0.105. The highest BCUT2D eigenvalue weighted by atomic mass is 16.5. The standard InChI is InChI=1S/C19H17N3O3/c20-11-16(19(24)22-12-15-4-2-1-3-5-15)10-14-6-8-17(9-7-14)25-13-18(21)23/h1-10H,12-13H2,(H2,21,23)(H,22,24)/b16-10+. The van der Waals surface area contributed by atoms with Crippen LogP contribution < -0.4 is 15.8 Å². The molecule has 6 nitrogen and oxygen atoms in total. The van der Waals surface area contributed by atoms with Gasteiger partial charge in [-0.2, -0.15) is 5.26 Å². The van der Waals surface area contributed by atoms with Crippen molar-refractivity contribution in [2.24, 2.45) is 5.73 Å². The van der Waals surface area contributed by atoms with Crippen molar-refractivity contribution in [2.75, 3.05) is 6.61 Å². The van der Waals surface area contributed by atoms with Crippen LogP contribution in [0.25, 0.3) is 6.08 Å². The number of ether oxygens (including phenoxy) is 1. The van der Waals surface area contributed by atoms with Gasteiger partial charge in [0.15, 0.2) is 6.61 Å². The van der Waals surface area contributed by atoms with E-state index in [2.05, 4.69) is 5.32 Å². The highest BCUT2D eigenvalue weighted by Crippen LogP contribution is 2.14. The molecular weight excluding hydrogens is 318 g/mol. The molecule has 0 heterocycles. The molecule has 0 aliphatic heterocycles. The number of nitriles is 1. The second kappa shape index (κ2) is 8.89. The zero-order valence-corrected chi connectivity index (χ0v) is 13.4. The number of hydrogen-bond donors (Lipinski definition) is 2. The summed E-state index contributed by atoms with van der Waals surface area (Å²) in [6.45, 7) is 0.138. The summed E-state index contributed by atoms with van der Waals surface area (Å²) in [5.41, 5.74) is 6.62. The average Bonchev–Trinajstić information content (AvgIpc) is 2.64. The fourth-order valence-corrected chi connectivity index (χ4v) is 2.00. The average molecular weight is 335 g/mol. The number of nitrogens with two attached hydrogens (primary N) is 1. The molecule has 0 saturated carbocycles. The molecule has 2 aromatic carbocycles. The van der Waals surface area contributed by atoms with Gasteiger partial charge in [0.2, 0.25) is 0 Å². The summed E-state index contributed by atoms with van der Waals surface area (Å²) in [7, 11) is 0. The highest BCUT2D eigenvalue weighted by molar-refractivity contribution is 6.01. The molecule has 126 valence electrons. The molecule has 0 aliphatic rings. The number of nitrogens with zero attached hydrogens (tertiary/aromatic N) is 1. The quantitative estimate of drug-likeness (QED) is 0.594. The number of nitrogens with one attached hydrogen (secondary N) is 1. The zero-order valence-electron chi connectivity index (χ0n) is 13.4. The molecule has 25 heavy (non-hydrogen) atoms. The first-order chi connectivity index (χ1) is 12.1. The van der Waals surface area contributed by atoms with Crippen molar-refractivity contribution in [1.82, 2.24) is 5.32 Å². The van der Waals surface area contributed by atoms with Crippen molar-refractivity contribution >= 4 is 17.9 Å². The Hall–Kier alpha value is -3.59. The van der Waals surface area contributed by atoms with E-state index >= 15 is 0 Å². The maximum absolute atomic E-state index is 12.1. The van der Waals surface area contributed by atoms with Crippen molar-refractivity contribution in [2.45, 2.75) is 6.54 Å². The van der Waals surface area contributed by atoms with Crippen LogP contribution in [0.4, 0.5) is 0 Å². The maximum atomic E-state index is 12.1. The van der Waals surface area contributed by atoms with E-state index < -0.39 is 11.8 Å². The summed E-state index contributed by atoms with van der Waals surface area (Å²) in [6, 6.07) is 17.9. The summed E-state index contributed by atoms with van der Waals surface area (Å²) in [4.78, 5) is 22.8. The van der Waals surface area contributed by atoms with Gasteiger partial charge in [-0.3, -0.25) is 9.59 Å². The molecule has 3 N–H and O–H groups in total. The van der Waals surface area contributed by atoms with Gasteiger partial charge in [0, 0.05) is 6.54 Å². The Morgan fingerprint density at radius 1 is 1.12 bits per heavy atom. The number of primary amides is 1. The Balaban J connectivity index is 2.00. The van der Waals surface area contributed by atoms with E-state index in [9.17, 15) is 14.9 Å². The van der Waals surface area contributed by atoms with E-state index in [0.717, 1.165) is 5.56 Å². The first-order valence-corrected chi connectivity index (χ1v) is 7.53. The number of rotatable bonds is 7. The molecule has 2 amide bonds. The predicted octanol–water partition coefficient (Wildman–Crippen LogP) is 1.77. The number of hydrogen-bond acceptors (Lipinski definition) is 4. The number of carbonyl (C=O) groups excluding carboxylic acids is 2. The van der Waals surface area contributed by atoms with Crippen LogP contribution >= 0.6 is 0 Å². The first-order valence-electron chi connectivity index (χ1n) is 7.53. The predicted molar refractivity (Wildman–Crippen MR) is 93.0 cm³/mol. The van der Waals surface area contributed by atoms with Crippen molar-refractivity contribution < 1.29 is 14.3 Å². The van der Waals surface area contributed by atoms with Crippen LogP contribution in [-0.2, 0) is 16.1 Å². The summed E-state index contributed by atoms with van der Waals surface area (Å²) >= 11 is 0. The number of benzene rings is 2. The highest BCUT2D eigenvalue weighted by Gasteiger charge is 2.08. The van der Waals surface area contributed by atoms with Gasteiger partial charge >= 0.3 is 0 Å². The van der Waals surface area contributed by atoms with E-state index in [1.165, 1.54) is 6.08 Å².